The number of benzene rings is 1. The zero-order valence-corrected chi connectivity index (χ0v) is 10.7. The zero-order chi connectivity index (χ0) is 15.3. The SMILES string of the molecule is NC(N)=NC(N)=Nc1ccc(OC(F)(F)C(F)Cl)cc1. The van der Waals surface area contributed by atoms with Crippen LogP contribution in [-0.4, -0.2) is 23.7 Å². The monoisotopic (exact) mass is 309 g/mol. The molecule has 0 fully saturated rings. The van der Waals surface area contributed by atoms with Crippen molar-refractivity contribution in [1.29, 1.82) is 0 Å². The first-order chi connectivity index (χ1) is 9.20. The summed E-state index contributed by atoms with van der Waals surface area (Å²) in [6.07, 6.45) is -4.14. The highest BCUT2D eigenvalue weighted by Gasteiger charge is 2.42. The molecule has 0 saturated carbocycles. The Morgan fingerprint density at radius 2 is 1.75 bits per heavy atom. The maximum Gasteiger partial charge on any atom is 0.444 e. The smallest absolute Gasteiger partial charge is 0.429 e. The molecule has 1 aromatic rings. The molecule has 0 heterocycles. The van der Waals surface area contributed by atoms with E-state index >= 15 is 0 Å². The molecule has 0 saturated heterocycles. The van der Waals surface area contributed by atoms with Gasteiger partial charge in [-0.05, 0) is 24.3 Å². The van der Waals surface area contributed by atoms with Gasteiger partial charge in [-0.25, -0.2) is 9.38 Å². The van der Waals surface area contributed by atoms with Crippen molar-refractivity contribution < 1.29 is 17.9 Å². The van der Waals surface area contributed by atoms with Crippen molar-refractivity contribution in [2.75, 3.05) is 0 Å². The molecule has 0 spiro atoms. The fraction of sp³-hybridized carbons (Fsp3) is 0.200. The van der Waals surface area contributed by atoms with E-state index in [1.807, 2.05) is 0 Å². The van der Waals surface area contributed by atoms with Crippen LogP contribution in [0.2, 0.25) is 0 Å². The maximum absolute atomic E-state index is 12.9. The second-order valence-electron chi connectivity index (χ2n) is 3.47. The van der Waals surface area contributed by atoms with Crippen molar-refractivity contribution in [2.24, 2.45) is 27.2 Å². The van der Waals surface area contributed by atoms with Gasteiger partial charge in [0.25, 0.3) is 5.63 Å². The zero-order valence-electron chi connectivity index (χ0n) is 9.93. The Morgan fingerprint density at radius 3 is 2.20 bits per heavy atom. The summed E-state index contributed by atoms with van der Waals surface area (Å²) in [6.45, 7) is 0. The number of halogens is 4. The maximum atomic E-state index is 12.9. The van der Waals surface area contributed by atoms with Gasteiger partial charge in [-0.2, -0.15) is 13.8 Å². The molecule has 6 nitrogen and oxygen atoms in total. The predicted molar refractivity (Wildman–Crippen MR) is 69.9 cm³/mol. The minimum Gasteiger partial charge on any atom is -0.429 e. The fourth-order valence-electron chi connectivity index (χ4n) is 1.08. The molecule has 6 N–H and O–H groups in total. The van der Waals surface area contributed by atoms with Crippen molar-refractivity contribution in [2.45, 2.75) is 11.7 Å². The van der Waals surface area contributed by atoms with Crippen LogP contribution in [0.4, 0.5) is 18.9 Å². The molecule has 0 radical (unpaired) electrons. The van der Waals surface area contributed by atoms with E-state index in [9.17, 15) is 13.2 Å². The van der Waals surface area contributed by atoms with Gasteiger partial charge in [-0.3, -0.25) is 0 Å². The Labute approximate surface area is 117 Å². The third-order valence-corrected chi connectivity index (χ3v) is 2.09. The Morgan fingerprint density at radius 1 is 1.20 bits per heavy atom. The molecule has 0 aliphatic rings. The average Bonchev–Trinajstić information content (AvgIpc) is 2.30. The first-order valence-electron chi connectivity index (χ1n) is 5.09. The standard InChI is InChI=1S/C10H11ClF3N5O/c11-7(12)10(13,14)20-6-3-1-5(2-4-6)18-9(17)19-8(15)16/h1-4,7H,(H6,15,16,17,18,19). The summed E-state index contributed by atoms with van der Waals surface area (Å²) in [5.41, 5.74) is 12.9. The van der Waals surface area contributed by atoms with Crippen molar-refractivity contribution in [3.63, 3.8) is 0 Å². The van der Waals surface area contributed by atoms with Gasteiger partial charge in [0.1, 0.15) is 5.75 Å². The number of aliphatic imine (C=N–C) groups is 2. The van der Waals surface area contributed by atoms with Gasteiger partial charge in [0.15, 0.2) is 5.96 Å². The lowest BCUT2D eigenvalue weighted by Gasteiger charge is -2.17. The van der Waals surface area contributed by atoms with Crippen molar-refractivity contribution in [3.8, 4) is 5.75 Å². The van der Waals surface area contributed by atoms with Crippen LogP contribution in [0.3, 0.4) is 0 Å². The molecule has 110 valence electrons. The lowest BCUT2D eigenvalue weighted by atomic mass is 10.3. The molecule has 0 amide bonds. The quantitative estimate of drug-likeness (QED) is 0.443. The highest BCUT2D eigenvalue weighted by atomic mass is 35.5. The predicted octanol–water partition coefficient (Wildman–Crippen LogP) is 1.41. The lowest BCUT2D eigenvalue weighted by Crippen LogP contribution is -2.32. The van der Waals surface area contributed by atoms with Crippen molar-refractivity contribution >= 4 is 29.2 Å². The molecule has 20 heavy (non-hydrogen) atoms. The van der Waals surface area contributed by atoms with E-state index in [1.165, 1.54) is 12.1 Å². The molecule has 0 aliphatic heterocycles. The van der Waals surface area contributed by atoms with Crippen LogP contribution < -0.4 is 21.9 Å². The molecule has 1 rings (SSSR count). The fourth-order valence-corrected chi connectivity index (χ4v) is 1.12. The van der Waals surface area contributed by atoms with Crippen molar-refractivity contribution in [1.82, 2.24) is 0 Å². The van der Waals surface area contributed by atoms with E-state index in [-0.39, 0.29) is 23.4 Å². The number of alkyl halides is 4. The van der Waals surface area contributed by atoms with Crippen LogP contribution >= 0.6 is 11.6 Å². The largest absolute Gasteiger partial charge is 0.444 e. The molecular weight excluding hydrogens is 299 g/mol. The number of ether oxygens (including phenoxy) is 1. The first-order valence-corrected chi connectivity index (χ1v) is 5.53. The highest BCUT2D eigenvalue weighted by Crippen LogP contribution is 2.29. The van der Waals surface area contributed by atoms with Gasteiger partial charge in [0.2, 0.25) is 5.96 Å². The molecule has 1 atom stereocenters. The molecule has 1 aromatic carbocycles. The summed E-state index contributed by atoms with van der Waals surface area (Å²) in [6, 6.07) is 4.85. The number of rotatable bonds is 4. The number of guanidine groups is 2. The van der Waals surface area contributed by atoms with Crippen LogP contribution in [0.1, 0.15) is 0 Å². The number of hydrogen-bond donors (Lipinski definition) is 3. The lowest BCUT2D eigenvalue weighted by molar-refractivity contribution is -0.199. The summed E-state index contributed by atoms with van der Waals surface area (Å²) in [5, 5.41) is 0. The van der Waals surface area contributed by atoms with Crippen LogP contribution in [0, 0.1) is 0 Å². The van der Waals surface area contributed by atoms with Crippen molar-refractivity contribution in [3.05, 3.63) is 24.3 Å². The van der Waals surface area contributed by atoms with E-state index in [2.05, 4.69) is 26.3 Å². The summed E-state index contributed by atoms with van der Waals surface area (Å²) >= 11 is 4.65. The summed E-state index contributed by atoms with van der Waals surface area (Å²) in [5.74, 6) is -0.784. The van der Waals surface area contributed by atoms with Crippen LogP contribution in [0.25, 0.3) is 0 Å². The Bertz CT molecular complexity index is 514. The third-order valence-electron chi connectivity index (χ3n) is 1.83. The van der Waals surface area contributed by atoms with Gasteiger partial charge in [-0.1, -0.05) is 11.6 Å². The number of nitrogens with two attached hydrogens (primary N) is 3. The molecular formula is C10H11ClF3N5O. The van der Waals surface area contributed by atoms with E-state index < -0.39 is 11.7 Å². The summed E-state index contributed by atoms with van der Waals surface area (Å²) in [4.78, 5) is 7.24. The van der Waals surface area contributed by atoms with Crippen LogP contribution in [0.5, 0.6) is 5.75 Å². The van der Waals surface area contributed by atoms with Gasteiger partial charge < -0.3 is 21.9 Å². The second-order valence-corrected chi connectivity index (χ2v) is 3.85. The summed E-state index contributed by atoms with van der Waals surface area (Å²) in [7, 11) is 0. The highest BCUT2D eigenvalue weighted by molar-refractivity contribution is 6.20. The topological polar surface area (TPSA) is 112 Å². The van der Waals surface area contributed by atoms with E-state index in [4.69, 9.17) is 17.2 Å². The van der Waals surface area contributed by atoms with Gasteiger partial charge in [0.05, 0.1) is 5.69 Å². The van der Waals surface area contributed by atoms with E-state index in [1.54, 1.807) is 0 Å². The first kappa shape index (κ1) is 15.9. The van der Waals surface area contributed by atoms with Gasteiger partial charge in [-0.15, -0.1) is 0 Å². The Kier molecular flexibility index (Phi) is 5.03. The summed E-state index contributed by atoms with van der Waals surface area (Å²) < 4.78 is 42.2. The van der Waals surface area contributed by atoms with Crippen LogP contribution in [0.15, 0.2) is 34.3 Å². The molecule has 0 aromatic heterocycles. The minimum atomic E-state index is -4.14. The average molecular weight is 310 g/mol. The normalized spacial score (nSPS) is 13.7. The van der Waals surface area contributed by atoms with E-state index in [0.29, 0.717) is 0 Å². The molecule has 10 heteroatoms. The molecule has 0 bridgehead atoms. The third kappa shape index (κ3) is 4.84. The number of nitrogens with zero attached hydrogens (tertiary/aromatic N) is 2. The number of hydrogen-bond acceptors (Lipinski definition) is 2. The minimum absolute atomic E-state index is 0.214. The van der Waals surface area contributed by atoms with Gasteiger partial charge >= 0.3 is 6.11 Å². The van der Waals surface area contributed by atoms with Gasteiger partial charge in [0, 0.05) is 0 Å². The Hall–Kier alpha value is -2.16. The molecule has 1 unspecified atom stereocenters. The Balaban J connectivity index is 2.82. The molecule has 0 aliphatic carbocycles. The van der Waals surface area contributed by atoms with Crippen LogP contribution in [-0.2, 0) is 0 Å². The second kappa shape index (κ2) is 6.33. The van der Waals surface area contributed by atoms with E-state index in [0.717, 1.165) is 12.1 Å².